The molecule has 2 aromatic carbocycles. The predicted molar refractivity (Wildman–Crippen MR) is 109 cm³/mol. The van der Waals surface area contributed by atoms with Gasteiger partial charge >= 0.3 is 0 Å². The molecule has 1 N–H and O–H groups in total. The number of rotatable bonds is 6. The number of anilines is 1. The summed E-state index contributed by atoms with van der Waals surface area (Å²) in [6, 6.07) is 14.5. The molecule has 0 saturated carbocycles. The summed E-state index contributed by atoms with van der Waals surface area (Å²) in [5.74, 6) is 2.85. The molecule has 0 bridgehead atoms. The van der Waals surface area contributed by atoms with Gasteiger partial charge in [0.1, 0.15) is 5.82 Å². The minimum atomic E-state index is -0.240. The third-order valence-corrected chi connectivity index (χ3v) is 7.71. The van der Waals surface area contributed by atoms with E-state index < -0.39 is 0 Å². The second-order valence-electron chi connectivity index (χ2n) is 5.65. The van der Waals surface area contributed by atoms with Gasteiger partial charge < -0.3 is 5.32 Å². The first-order valence-electron chi connectivity index (χ1n) is 8.22. The van der Waals surface area contributed by atoms with Crippen molar-refractivity contribution in [2.24, 2.45) is 0 Å². The van der Waals surface area contributed by atoms with Gasteiger partial charge in [-0.05, 0) is 59.9 Å². The van der Waals surface area contributed by atoms with Crippen LogP contribution in [0.5, 0.6) is 0 Å². The molecule has 0 spiro atoms. The first kappa shape index (κ1) is 18.7. The fourth-order valence-corrected chi connectivity index (χ4v) is 6.18. The lowest BCUT2D eigenvalue weighted by Crippen LogP contribution is -2.12. The van der Waals surface area contributed by atoms with Gasteiger partial charge in [-0.2, -0.15) is 0 Å². The van der Waals surface area contributed by atoms with Crippen LogP contribution in [0.2, 0.25) is 0 Å². The molecule has 0 atom stereocenters. The van der Waals surface area contributed by atoms with Gasteiger partial charge in [-0.15, -0.1) is 35.3 Å². The Morgan fingerprint density at radius 3 is 2.68 bits per heavy atom. The van der Waals surface area contributed by atoms with Crippen LogP contribution in [0.15, 0.2) is 53.4 Å². The van der Waals surface area contributed by atoms with E-state index in [4.69, 9.17) is 0 Å². The third kappa shape index (κ3) is 5.97. The lowest BCUT2D eigenvalue weighted by atomic mass is 10.2. The number of carbonyl (C=O) groups is 1. The maximum atomic E-state index is 12.9. The Hall–Kier alpha value is -1.11. The van der Waals surface area contributed by atoms with E-state index in [1.807, 2.05) is 35.7 Å². The Labute approximate surface area is 160 Å². The molecule has 1 amide bonds. The van der Waals surface area contributed by atoms with Crippen molar-refractivity contribution < 1.29 is 9.18 Å². The largest absolute Gasteiger partial charge is 0.326 e. The van der Waals surface area contributed by atoms with Crippen molar-refractivity contribution in [3.05, 3.63) is 59.9 Å². The van der Waals surface area contributed by atoms with Gasteiger partial charge in [0.25, 0.3) is 0 Å². The van der Waals surface area contributed by atoms with Gasteiger partial charge in [0.2, 0.25) is 5.91 Å². The van der Waals surface area contributed by atoms with Crippen LogP contribution < -0.4 is 5.32 Å². The molecule has 1 aliphatic rings. The number of nitrogens with one attached hydrogen (secondary N) is 1. The fourth-order valence-electron chi connectivity index (χ4n) is 2.46. The average molecular weight is 394 g/mol. The van der Waals surface area contributed by atoms with Crippen molar-refractivity contribution in [1.82, 2.24) is 0 Å². The number of amides is 1. The van der Waals surface area contributed by atoms with E-state index in [9.17, 15) is 9.18 Å². The number of halogens is 1. The van der Waals surface area contributed by atoms with Crippen molar-refractivity contribution in [2.75, 3.05) is 22.6 Å². The molecule has 0 unspecified atom stereocenters. The first-order valence-corrected chi connectivity index (χ1v) is 11.3. The van der Waals surface area contributed by atoms with E-state index in [2.05, 4.69) is 17.4 Å². The van der Waals surface area contributed by atoms with Crippen LogP contribution in [0.4, 0.5) is 10.1 Å². The van der Waals surface area contributed by atoms with Crippen molar-refractivity contribution in [1.29, 1.82) is 0 Å². The molecule has 2 aromatic rings. The Bertz CT molecular complexity index is 702. The fraction of sp³-hybridized carbons (Fsp3) is 0.316. The highest BCUT2D eigenvalue weighted by molar-refractivity contribution is 8.16. The second-order valence-corrected chi connectivity index (χ2v) is 9.55. The Morgan fingerprint density at radius 1 is 1.16 bits per heavy atom. The molecule has 132 valence electrons. The zero-order valence-electron chi connectivity index (χ0n) is 13.7. The van der Waals surface area contributed by atoms with Crippen molar-refractivity contribution in [3.63, 3.8) is 0 Å². The Balaban J connectivity index is 1.48. The normalized spacial score (nSPS) is 15.1. The van der Waals surface area contributed by atoms with E-state index >= 15 is 0 Å². The molecule has 25 heavy (non-hydrogen) atoms. The topological polar surface area (TPSA) is 29.1 Å². The summed E-state index contributed by atoms with van der Waals surface area (Å²) in [7, 11) is 0. The first-order chi connectivity index (χ1) is 12.2. The minimum absolute atomic E-state index is 0.00992. The molecule has 0 radical (unpaired) electrons. The van der Waals surface area contributed by atoms with E-state index in [1.165, 1.54) is 35.6 Å². The summed E-state index contributed by atoms with van der Waals surface area (Å²) >= 11 is 5.51. The molecule has 2 nitrogen and oxygen atoms in total. The zero-order valence-corrected chi connectivity index (χ0v) is 16.2. The van der Waals surface area contributed by atoms with Crippen LogP contribution in [0, 0.1) is 5.82 Å². The summed E-state index contributed by atoms with van der Waals surface area (Å²) in [4.78, 5) is 13.1. The van der Waals surface area contributed by atoms with Gasteiger partial charge in [0, 0.05) is 22.8 Å². The van der Waals surface area contributed by atoms with E-state index in [1.54, 1.807) is 23.9 Å². The highest BCUT2D eigenvalue weighted by Gasteiger charge is 2.17. The monoisotopic (exact) mass is 393 g/mol. The van der Waals surface area contributed by atoms with Crippen molar-refractivity contribution >= 4 is 46.9 Å². The van der Waals surface area contributed by atoms with Crippen LogP contribution in [0.1, 0.15) is 23.0 Å². The maximum absolute atomic E-state index is 12.9. The smallest absolute Gasteiger partial charge is 0.225 e. The van der Waals surface area contributed by atoms with E-state index in [-0.39, 0.29) is 11.7 Å². The molecule has 1 aliphatic heterocycles. The van der Waals surface area contributed by atoms with E-state index in [0.717, 1.165) is 10.6 Å². The van der Waals surface area contributed by atoms with Crippen LogP contribution in [0.25, 0.3) is 0 Å². The molecule has 0 aromatic heterocycles. The van der Waals surface area contributed by atoms with E-state index in [0.29, 0.717) is 16.8 Å². The van der Waals surface area contributed by atoms with Crippen LogP contribution >= 0.6 is 35.3 Å². The lowest BCUT2D eigenvalue weighted by Gasteiger charge is -2.21. The molecular formula is C19H20FNOS3. The van der Waals surface area contributed by atoms with Gasteiger partial charge in [-0.3, -0.25) is 4.79 Å². The van der Waals surface area contributed by atoms with Crippen molar-refractivity contribution in [3.8, 4) is 0 Å². The number of thioether (sulfide) groups is 3. The van der Waals surface area contributed by atoms with Gasteiger partial charge in [-0.1, -0.05) is 12.1 Å². The predicted octanol–water partition coefficient (Wildman–Crippen LogP) is 5.82. The molecular weight excluding hydrogens is 373 g/mol. The van der Waals surface area contributed by atoms with Crippen molar-refractivity contribution in [2.45, 2.75) is 22.3 Å². The lowest BCUT2D eigenvalue weighted by molar-refractivity contribution is -0.115. The number of benzene rings is 2. The molecule has 0 aliphatic carbocycles. The second kappa shape index (κ2) is 9.55. The molecule has 1 heterocycles. The highest BCUT2D eigenvalue weighted by atomic mass is 32.2. The molecule has 1 saturated heterocycles. The SMILES string of the molecule is O=C(CCSc1ccc(F)cc1)Nc1cccc(C2SCCCS2)c1. The number of hydrogen-bond donors (Lipinski definition) is 1. The summed E-state index contributed by atoms with van der Waals surface area (Å²) in [5.41, 5.74) is 2.13. The summed E-state index contributed by atoms with van der Waals surface area (Å²) in [6.45, 7) is 0. The van der Waals surface area contributed by atoms with Gasteiger partial charge in [0.15, 0.2) is 0 Å². The van der Waals surface area contributed by atoms with Gasteiger partial charge in [0.05, 0.1) is 4.58 Å². The van der Waals surface area contributed by atoms with Gasteiger partial charge in [-0.25, -0.2) is 4.39 Å². The molecule has 6 heteroatoms. The highest BCUT2D eigenvalue weighted by Crippen LogP contribution is 2.44. The Morgan fingerprint density at radius 2 is 1.92 bits per heavy atom. The average Bonchev–Trinajstić information content (AvgIpc) is 2.64. The van der Waals surface area contributed by atoms with Crippen LogP contribution in [0.3, 0.4) is 0 Å². The molecule has 3 rings (SSSR count). The summed E-state index contributed by atoms with van der Waals surface area (Å²) in [6.07, 6.45) is 1.70. The Kier molecular flexibility index (Phi) is 7.13. The molecule has 1 fully saturated rings. The third-order valence-electron chi connectivity index (χ3n) is 3.68. The summed E-state index contributed by atoms with van der Waals surface area (Å²) in [5, 5.41) is 2.99. The summed E-state index contributed by atoms with van der Waals surface area (Å²) < 4.78 is 13.3. The quantitative estimate of drug-likeness (QED) is 0.627. The number of hydrogen-bond acceptors (Lipinski definition) is 4. The van der Waals surface area contributed by atoms with Crippen LogP contribution in [-0.2, 0) is 4.79 Å². The zero-order chi connectivity index (χ0) is 17.5. The maximum Gasteiger partial charge on any atom is 0.225 e. The van der Waals surface area contributed by atoms with Crippen LogP contribution in [-0.4, -0.2) is 23.2 Å². The minimum Gasteiger partial charge on any atom is -0.326 e. The number of carbonyl (C=O) groups excluding carboxylic acids is 1. The standard InChI is InChI=1S/C19H20FNOS3/c20-15-5-7-17(8-6-15)23-12-9-18(22)21-16-4-1-3-14(13-16)19-24-10-2-11-25-19/h1,3-8,13,19H,2,9-12H2,(H,21,22).